The number of hydrogen-bond donors (Lipinski definition) is 0. The van der Waals surface area contributed by atoms with Crippen LogP contribution < -0.4 is 4.74 Å². The van der Waals surface area contributed by atoms with Crippen molar-refractivity contribution < 1.29 is 4.74 Å². The van der Waals surface area contributed by atoms with Gasteiger partial charge in [0.1, 0.15) is 2.88 Å². The van der Waals surface area contributed by atoms with Crippen molar-refractivity contribution in [1.29, 1.82) is 0 Å². The first kappa shape index (κ1) is 10.7. The van der Waals surface area contributed by atoms with E-state index in [0.29, 0.717) is 6.61 Å². The summed E-state index contributed by atoms with van der Waals surface area (Å²) in [6, 6.07) is 6.20. The highest BCUT2D eigenvalue weighted by molar-refractivity contribution is 14.1. The Morgan fingerprint density at radius 2 is 2.29 bits per heavy atom. The van der Waals surface area contributed by atoms with Crippen LogP contribution in [-0.4, -0.2) is 6.61 Å². The van der Waals surface area contributed by atoms with Crippen molar-refractivity contribution in [2.24, 2.45) is 0 Å². The van der Waals surface area contributed by atoms with Gasteiger partial charge in [0, 0.05) is 9.86 Å². The molecule has 1 aromatic carbocycles. The topological polar surface area (TPSA) is 9.23 Å². The van der Waals surface area contributed by atoms with Crippen LogP contribution >= 0.6 is 49.9 Å². The highest BCUT2D eigenvalue weighted by atomic mass is 127. The van der Waals surface area contributed by atoms with Crippen LogP contribution in [-0.2, 0) is 0 Å². The van der Waals surface area contributed by atoms with Gasteiger partial charge >= 0.3 is 0 Å². The molecular weight excluding hydrogens is 375 g/mol. The molecule has 0 saturated carbocycles. The lowest BCUT2D eigenvalue weighted by Gasteiger charge is -2.01. The molecule has 2 rings (SSSR count). The minimum Gasteiger partial charge on any atom is -0.491 e. The Hall–Kier alpha value is 0.190. The molecule has 74 valence electrons. The predicted molar refractivity (Wildman–Crippen MR) is 73.4 cm³/mol. The molecule has 0 fully saturated rings. The molecule has 14 heavy (non-hydrogen) atoms. The number of ether oxygens (including phenoxy) is 1. The van der Waals surface area contributed by atoms with E-state index in [-0.39, 0.29) is 0 Å². The van der Waals surface area contributed by atoms with Gasteiger partial charge in [-0.25, -0.2) is 0 Å². The molecule has 0 aliphatic carbocycles. The van der Waals surface area contributed by atoms with Crippen molar-refractivity contribution in [3.05, 3.63) is 25.6 Å². The first-order chi connectivity index (χ1) is 6.74. The summed E-state index contributed by atoms with van der Waals surface area (Å²) in [5.74, 6) is 1.02. The normalized spacial score (nSPS) is 10.8. The van der Waals surface area contributed by atoms with Crippen molar-refractivity contribution in [3.8, 4) is 5.75 Å². The third-order valence-electron chi connectivity index (χ3n) is 1.87. The number of fused-ring (bicyclic) bond motifs is 1. The molecule has 0 radical (unpaired) electrons. The maximum absolute atomic E-state index is 5.63. The van der Waals surface area contributed by atoms with Crippen LogP contribution in [0.1, 0.15) is 6.92 Å². The molecule has 0 unspecified atom stereocenters. The summed E-state index contributed by atoms with van der Waals surface area (Å²) >= 11 is 7.63. The van der Waals surface area contributed by atoms with Gasteiger partial charge in [-0.2, -0.15) is 0 Å². The molecule has 0 bridgehead atoms. The molecule has 0 amide bonds. The zero-order valence-electron chi connectivity index (χ0n) is 7.51. The van der Waals surface area contributed by atoms with E-state index in [4.69, 9.17) is 4.74 Å². The van der Waals surface area contributed by atoms with Gasteiger partial charge in [-0.1, -0.05) is 6.07 Å². The minimum atomic E-state index is 0.717. The van der Waals surface area contributed by atoms with Crippen LogP contribution in [0.5, 0.6) is 5.75 Å². The summed E-state index contributed by atoms with van der Waals surface area (Å²) in [6.45, 7) is 2.73. The molecule has 0 N–H and O–H groups in total. The summed E-state index contributed by atoms with van der Waals surface area (Å²) in [7, 11) is 0. The molecular formula is C10H8BrIOS. The second-order valence-corrected chi connectivity index (χ2v) is 6.44. The predicted octanol–water partition coefficient (Wildman–Crippen LogP) is 4.67. The zero-order valence-corrected chi connectivity index (χ0v) is 12.1. The molecule has 4 heteroatoms. The number of benzene rings is 1. The summed E-state index contributed by atoms with van der Waals surface area (Å²) in [5.41, 5.74) is 0. The fourth-order valence-corrected chi connectivity index (χ4v) is 3.90. The fraction of sp³-hybridized carbons (Fsp3) is 0.200. The van der Waals surface area contributed by atoms with Crippen molar-refractivity contribution >= 4 is 59.9 Å². The summed E-state index contributed by atoms with van der Waals surface area (Å²) in [4.78, 5) is 0. The average molecular weight is 383 g/mol. The highest BCUT2D eigenvalue weighted by Gasteiger charge is 2.12. The van der Waals surface area contributed by atoms with Crippen LogP contribution in [0.4, 0.5) is 0 Å². The number of halogens is 2. The molecule has 1 nitrogen and oxygen atoms in total. The summed E-state index contributed by atoms with van der Waals surface area (Å²) in [6.07, 6.45) is 0. The molecule has 2 aromatic rings. The quantitative estimate of drug-likeness (QED) is 0.686. The van der Waals surface area contributed by atoms with Gasteiger partial charge in [0.05, 0.1) is 11.3 Å². The zero-order chi connectivity index (χ0) is 10.1. The van der Waals surface area contributed by atoms with Gasteiger partial charge in [-0.3, -0.25) is 0 Å². The van der Waals surface area contributed by atoms with E-state index >= 15 is 0 Å². The maximum atomic E-state index is 5.63. The number of thiophene rings is 1. The fourth-order valence-electron chi connectivity index (χ4n) is 1.31. The molecule has 0 aliphatic heterocycles. The monoisotopic (exact) mass is 382 g/mol. The van der Waals surface area contributed by atoms with Crippen molar-refractivity contribution in [2.45, 2.75) is 6.92 Å². The third-order valence-corrected chi connectivity index (χ3v) is 4.95. The smallest absolute Gasteiger partial charge is 0.151 e. The Kier molecular flexibility index (Phi) is 3.34. The molecule has 1 aromatic heterocycles. The van der Waals surface area contributed by atoms with Gasteiger partial charge in [0.15, 0.2) is 5.75 Å². The second kappa shape index (κ2) is 4.37. The van der Waals surface area contributed by atoms with E-state index in [2.05, 4.69) is 50.7 Å². The largest absolute Gasteiger partial charge is 0.491 e. The van der Waals surface area contributed by atoms with E-state index in [0.717, 1.165) is 10.2 Å². The lowest BCUT2D eigenvalue weighted by atomic mass is 10.2. The first-order valence-corrected chi connectivity index (χ1v) is 6.92. The van der Waals surface area contributed by atoms with Gasteiger partial charge in [-0.15, -0.1) is 11.3 Å². The van der Waals surface area contributed by atoms with E-state index in [9.17, 15) is 0 Å². The Morgan fingerprint density at radius 1 is 1.50 bits per heavy atom. The van der Waals surface area contributed by atoms with Gasteiger partial charge < -0.3 is 4.74 Å². The van der Waals surface area contributed by atoms with E-state index in [1.54, 1.807) is 11.3 Å². The molecule has 0 spiro atoms. The molecule has 0 aliphatic rings. The van der Waals surface area contributed by atoms with Gasteiger partial charge in [0.2, 0.25) is 0 Å². The van der Waals surface area contributed by atoms with Crippen LogP contribution in [0.15, 0.2) is 22.7 Å². The van der Waals surface area contributed by atoms with Gasteiger partial charge in [-0.05, 0) is 57.6 Å². The first-order valence-electron chi connectivity index (χ1n) is 4.23. The Labute approximate surface area is 109 Å². The number of hydrogen-bond acceptors (Lipinski definition) is 2. The lowest BCUT2D eigenvalue weighted by molar-refractivity contribution is 0.343. The highest BCUT2D eigenvalue weighted by Crippen LogP contribution is 2.41. The second-order valence-electron chi connectivity index (χ2n) is 2.75. The van der Waals surface area contributed by atoms with Crippen molar-refractivity contribution in [1.82, 2.24) is 0 Å². The van der Waals surface area contributed by atoms with Crippen LogP contribution in [0.2, 0.25) is 0 Å². The maximum Gasteiger partial charge on any atom is 0.151 e. The standard InChI is InChI=1S/C10H8BrIOS/c1-2-13-8-6-4-3-5-7(11)9(6)14-10(8)12/h3-5H,2H2,1H3. The van der Waals surface area contributed by atoms with Crippen molar-refractivity contribution in [2.75, 3.05) is 6.61 Å². The minimum absolute atomic E-state index is 0.717. The Balaban J connectivity index is 2.70. The number of rotatable bonds is 2. The average Bonchev–Trinajstić information content (AvgIpc) is 2.47. The van der Waals surface area contributed by atoms with Gasteiger partial charge in [0.25, 0.3) is 0 Å². The van der Waals surface area contributed by atoms with E-state index in [1.165, 1.54) is 13.0 Å². The van der Waals surface area contributed by atoms with E-state index in [1.807, 2.05) is 13.0 Å². The van der Waals surface area contributed by atoms with E-state index < -0.39 is 0 Å². The van der Waals surface area contributed by atoms with Crippen molar-refractivity contribution in [3.63, 3.8) is 0 Å². The molecule has 0 atom stereocenters. The third kappa shape index (κ3) is 1.79. The summed E-state index contributed by atoms with van der Waals surface area (Å²) in [5, 5.41) is 1.20. The van der Waals surface area contributed by atoms with Crippen LogP contribution in [0.3, 0.4) is 0 Å². The molecule has 0 saturated heterocycles. The Morgan fingerprint density at radius 3 is 3.00 bits per heavy atom. The molecule has 1 heterocycles. The van der Waals surface area contributed by atoms with Crippen LogP contribution in [0, 0.1) is 2.88 Å². The van der Waals surface area contributed by atoms with Crippen LogP contribution in [0.25, 0.3) is 10.1 Å². The Bertz CT molecular complexity index is 466. The lowest BCUT2D eigenvalue weighted by Crippen LogP contribution is -1.90. The SMILES string of the molecule is CCOc1c(I)sc2c(Br)cccc12. The summed E-state index contributed by atoms with van der Waals surface area (Å²) < 4.78 is 9.25.